The highest BCUT2D eigenvalue weighted by molar-refractivity contribution is 7.99. The van der Waals surface area contributed by atoms with E-state index in [0.717, 1.165) is 33.0 Å². The number of halogens is 1. The second-order valence-electron chi connectivity index (χ2n) is 6.95. The van der Waals surface area contributed by atoms with Crippen LogP contribution in [0.5, 0.6) is 0 Å². The number of carbonyl (C=O) groups excluding carboxylic acids is 1. The van der Waals surface area contributed by atoms with Crippen LogP contribution < -0.4 is 5.43 Å². The first-order chi connectivity index (χ1) is 15.1. The maximum absolute atomic E-state index is 12.4. The fourth-order valence-electron chi connectivity index (χ4n) is 3.17. The maximum atomic E-state index is 12.4. The van der Waals surface area contributed by atoms with Crippen molar-refractivity contribution in [2.45, 2.75) is 18.6 Å². The third-order valence-electron chi connectivity index (χ3n) is 4.78. The Bertz CT molecular complexity index is 1240. The van der Waals surface area contributed by atoms with E-state index in [1.807, 2.05) is 85.8 Å². The number of rotatable bonds is 7. The lowest BCUT2D eigenvalue weighted by Gasteiger charge is -2.10. The van der Waals surface area contributed by atoms with Crippen molar-refractivity contribution in [1.82, 2.24) is 15.0 Å². The van der Waals surface area contributed by atoms with Crippen molar-refractivity contribution in [3.63, 3.8) is 0 Å². The zero-order valence-corrected chi connectivity index (χ0v) is 18.5. The lowest BCUT2D eigenvalue weighted by molar-refractivity contribution is -0.118. The molecular weight excluding hydrogens is 428 g/mol. The first-order valence-corrected chi connectivity index (χ1v) is 11.2. The molecule has 156 valence electrons. The van der Waals surface area contributed by atoms with Gasteiger partial charge in [0.15, 0.2) is 5.16 Å². The molecule has 1 amide bonds. The van der Waals surface area contributed by atoms with Crippen molar-refractivity contribution in [3.05, 3.63) is 95.0 Å². The van der Waals surface area contributed by atoms with Crippen LogP contribution in [0.25, 0.3) is 11.0 Å². The van der Waals surface area contributed by atoms with E-state index in [1.165, 1.54) is 11.8 Å². The summed E-state index contributed by atoms with van der Waals surface area (Å²) in [7, 11) is 0. The van der Waals surface area contributed by atoms with Gasteiger partial charge >= 0.3 is 0 Å². The molecule has 0 bridgehead atoms. The van der Waals surface area contributed by atoms with Crippen molar-refractivity contribution < 1.29 is 4.79 Å². The number of aromatic nitrogens is 2. The lowest BCUT2D eigenvalue weighted by Crippen LogP contribution is -2.21. The summed E-state index contributed by atoms with van der Waals surface area (Å²) in [6.07, 6.45) is 0. The highest BCUT2D eigenvalue weighted by Gasteiger charge is 2.14. The van der Waals surface area contributed by atoms with Gasteiger partial charge in [0.25, 0.3) is 5.91 Å². The minimum atomic E-state index is -0.184. The molecule has 0 saturated carbocycles. The number of imidazole rings is 1. The largest absolute Gasteiger partial charge is 0.314 e. The summed E-state index contributed by atoms with van der Waals surface area (Å²) in [6.45, 7) is 2.45. The Hall–Kier alpha value is -3.09. The molecule has 0 spiro atoms. The molecule has 0 radical (unpaired) electrons. The van der Waals surface area contributed by atoms with E-state index in [0.29, 0.717) is 11.6 Å². The summed E-state index contributed by atoms with van der Waals surface area (Å²) in [5.74, 6) is 0.0221. The zero-order valence-electron chi connectivity index (χ0n) is 17.0. The smallest absolute Gasteiger partial charge is 0.250 e. The number of benzene rings is 3. The molecule has 7 heteroatoms. The Morgan fingerprint density at radius 1 is 1.03 bits per heavy atom. The molecule has 3 aromatic carbocycles. The van der Waals surface area contributed by atoms with E-state index in [4.69, 9.17) is 16.6 Å². The number of hydrogen-bond acceptors (Lipinski definition) is 4. The van der Waals surface area contributed by atoms with E-state index in [2.05, 4.69) is 15.1 Å². The Balaban J connectivity index is 1.49. The number of nitrogens with one attached hydrogen (secondary N) is 1. The van der Waals surface area contributed by atoms with Gasteiger partial charge < -0.3 is 4.57 Å². The fraction of sp³-hybridized carbons (Fsp3) is 0.125. The van der Waals surface area contributed by atoms with Crippen LogP contribution in [0.1, 0.15) is 18.1 Å². The topological polar surface area (TPSA) is 59.3 Å². The number of hydrazone groups is 1. The fourth-order valence-corrected chi connectivity index (χ4v) is 4.17. The van der Waals surface area contributed by atoms with Crippen LogP contribution in [0, 0.1) is 0 Å². The van der Waals surface area contributed by atoms with Gasteiger partial charge in [-0.3, -0.25) is 4.79 Å². The predicted molar refractivity (Wildman–Crippen MR) is 128 cm³/mol. The Morgan fingerprint density at radius 2 is 1.74 bits per heavy atom. The number of carbonyl (C=O) groups is 1. The van der Waals surface area contributed by atoms with Gasteiger partial charge in [-0.05, 0) is 36.2 Å². The van der Waals surface area contributed by atoms with Crippen LogP contribution in [-0.2, 0) is 11.3 Å². The molecule has 0 aliphatic carbocycles. The molecule has 0 unspecified atom stereocenters. The standard InChI is InChI=1S/C24H21ClN4OS/c1-17(18-9-3-2-4-10-18)27-28-23(30)16-31-24-26-21-13-7-8-14-22(21)29(24)15-19-11-5-6-12-20(19)25/h2-14H,15-16H2,1H3,(H,28,30)/b27-17+. The molecule has 1 N–H and O–H groups in total. The minimum absolute atomic E-state index is 0.184. The van der Waals surface area contributed by atoms with Crippen LogP contribution in [0.2, 0.25) is 5.02 Å². The highest BCUT2D eigenvalue weighted by Crippen LogP contribution is 2.27. The van der Waals surface area contributed by atoms with E-state index in [1.54, 1.807) is 0 Å². The molecule has 5 nitrogen and oxygen atoms in total. The van der Waals surface area contributed by atoms with Gasteiger partial charge in [0.1, 0.15) is 0 Å². The molecule has 0 saturated heterocycles. The molecule has 0 fully saturated rings. The molecule has 31 heavy (non-hydrogen) atoms. The third-order valence-corrected chi connectivity index (χ3v) is 6.12. The monoisotopic (exact) mass is 448 g/mol. The van der Waals surface area contributed by atoms with Gasteiger partial charge in [0.2, 0.25) is 0 Å². The summed E-state index contributed by atoms with van der Waals surface area (Å²) in [5, 5.41) is 5.68. The molecular formula is C24H21ClN4OS. The van der Waals surface area contributed by atoms with Gasteiger partial charge in [0.05, 0.1) is 29.0 Å². The molecule has 1 heterocycles. The summed E-state index contributed by atoms with van der Waals surface area (Å²) in [5.41, 5.74) is 7.25. The minimum Gasteiger partial charge on any atom is -0.314 e. The first-order valence-electron chi connectivity index (χ1n) is 9.82. The van der Waals surface area contributed by atoms with E-state index >= 15 is 0 Å². The Labute approximate surface area is 190 Å². The van der Waals surface area contributed by atoms with Gasteiger partial charge in [0, 0.05) is 5.02 Å². The van der Waals surface area contributed by atoms with Gasteiger partial charge in [-0.15, -0.1) is 0 Å². The van der Waals surface area contributed by atoms with Crippen molar-refractivity contribution in [3.8, 4) is 0 Å². The molecule has 0 aliphatic rings. The van der Waals surface area contributed by atoms with Gasteiger partial charge in [-0.2, -0.15) is 5.10 Å². The predicted octanol–water partition coefficient (Wildman–Crippen LogP) is 5.37. The number of fused-ring (bicyclic) bond motifs is 1. The van der Waals surface area contributed by atoms with Crippen molar-refractivity contribution >= 4 is 46.0 Å². The summed E-state index contributed by atoms with van der Waals surface area (Å²) in [4.78, 5) is 17.1. The second-order valence-corrected chi connectivity index (χ2v) is 8.30. The second kappa shape index (κ2) is 9.81. The SMILES string of the molecule is C/C(=N\NC(=O)CSc1nc2ccccc2n1Cc1ccccc1Cl)c1ccccc1. The van der Waals surface area contributed by atoms with E-state index in [9.17, 15) is 4.79 Å². The molecule has 4 aromatic rings. The molecule has 0 atom stereocenters. The van der Waals surface area contributed by atoms with Crippen molar-refractivity contribution in [2.24, 2.45) is 5.10 Å². The number of nitrogens with zero attached hydrogens (tertiary/aromatic N) is 3. The van der Waals surface area contributed by atoms with E-state index < -0.39 is 0 Å². The van der Waals surface area contributed by atoms with E-state index in [-0.39, 0.29) is 11.7 Å². The highest BCUT2D eigenvalue weighted by atomic mass is 35.5. The van der Waals surface area contributed by atoms with Crippen LogP contribution in [0.4, 0.5) is 0 Å². The Morgan fingerprint density at radius 3 is 2.55 bits per heavy atom. The maximum Gasteiger partial charge on any atom is 0.250 e. The first kappa shape index (κ1) is 21.2. The van der Waals surface area contributed by atoms with Crippen molar-refractivity contribution in [2.75, 3.05) is 5.75 Å². The summed E-state index contributed by atoms with van der Waals surface area (Å²) >= 11 is 7.76. The number of para-hydroxylation sites is 2. The number of amides is 1. The van der Waals surface area contributed by atoms with Gasteiger partial charge in [-0.1, -0.05) is 84.0 Å². The number of thioether (sulfide) groups is 1. The normalized spacial score (nSPS) is 11.6. The lowest BCUT2D eigenvalue weighted by atomic mass is 10.1. The molecule has 1 aromatic heterocycles. The average Bonchev–Trinajstić information content (AvgIpc) is 3.15. The molecule has 4 rings (SSSR count). The summed E-state index contributed by atoms with van der Waals surface area (Å²) in [6, 6.07) is 25.4. The Kier molecular flexibility index (Phi) is 6.70. The van der Waals surface area contributed by atoms with Gasteiger partial charge in [-0.25, -0.2) is 10.4 Å². The van der Waals surface area contributed by atoms with Crippen LogP contribution in [0.15, 0.2) is 89.1 Å². The van der Waals surface area contributed by atoms with Crippen LogP contribution in [-0.4, -0.2) is 26.9 Å². The quantitative estimate of drug-likeness (QED) is 0.235. The van der Waals surface area contributed by atoms with Crippen LogP contribution >= 0.6 is 23.4 Å². The number of hydrogen-bond donors (Lipinski definition) is 1. The van der Waals surface area contributed by atoms with Crippen molar-refractivity contribution in [1.29, 1.82) is 0 Å². The molecule has 0 aliphatic heterocycles. The zero-order chi connectivity index (χ0) is 21.6. The third kappa shape index (κ3) is 5.16. The average molecular weight is 449 g/mol. The van der Waals surface area contributed by atoms with Crippen LogP contribution in [0.3, 0.4) is 0 Å². The summed E-state index contributed by atoms with van der Waals surface area (Å²) < 4.78 is 2.09.